The Bertz CT molecular complexity index is 1080. The number of aryl methyl sites for hydroxylation is 2. The first-order chi connectivity index (χ1) is 16.8. The summed E-state index contributed by atoms with van der Waals surface area (Å²) in [5.41, 5.74) is 6.61. The summed E-state index contributed by atoms with van der Waals surface area (Å²) >= 11 is 1.71. The highest BCUT2D eigenvalue weighted by Gasteiger charge is 2.27. The average Bonchev–Trinajstić information content (AvgIpc) is 2.74. The molecule has 0 radical (unpaired) electrons. The first-order valence-electron chi connectivity index (χ1n) is 13.3. The van der Waals surface area contributed by atoms with Crippen LogP contribution in [0.15, 0.2) is 18.2 Å². The van der Waals surface area contributed by atoms with Gasteiger partial charge in [-0.2, -0.15) is 11.8 Å². The van der Waals surface area contributed by atoms with Crippen molar-refractivity contribution in [2.45, 2.75) is 111 Å². The second-order valence-corrected chi connectivity index (χ2v) is 14.4. The Labute approximate surface area is 229 Å². The van der Waals surface area contributed by atoms with Gasteiger partial charge in [0.25, 0.3) is 0 Å². The molecule has 0 saturated heterocycles. The summed E-state index contributed by atoms with van der Waals surface area (Å²) in [6.45, 7) is 23.3. The largest absolute Gasteiger partial charge is 0.507 e. The molecule has 0 aliphatic carbocycles. The molecule has 0 unspecified atom stereocenters. The molecule has 0 aliphatic rings. The minimum Gasteiger partial charge on any atom is -0.507 e. The molecule has 4 nitrogen and oxygen atoms in total. The number of phenolic OH excluding ortho intramolecular Hbond substituents is 2. The number of carbonyl (C=O) groups excluding carboxylic acids is 1. The van der Waals surface area contributed by atoms with Crippen LogP contribution in [0.1, 0.15) is 108 Å². The Balaban J connectivity index is 1.93. The predicted molar refractivity (Wildman–Crippen MR) is 157 cm³/mol. The molecule has 0 amide bonds. The molecular formula is C32H48O4S. The van der Waals surface area contributed by atoms with Gasteiger partial charge in [-0.3, -0.25) is 4.79 Å². The summed E-state index contributed by atoms with van der Waals surface area (Å²) < 4.78 is 5.51. The number of ether oxygens (including phenoxy) is 1. The van der Waals surface area contributed by atoms with Gasteiger partial charge >= 0.3 is 5.97 Å². The van der Waals surface area contributed by atoms with Crippen LogP contribution in [-0.2, 0) is 38.0 Å². The van der Waals surface area contributed by atoms with Crippen LogP contribution in [-0.4, -0.2) is 28.5 Å². The smallest absolute Gasteiger partial charge is 0.306 e. The number of carbonyl (C=O) groups is 1. The van der Waals surface area contributed by atoms with Crippen molar-refractivity contribution in [3.8, 4) is 11.5 Å². The predicted octanol–water partition coefficient (Wildman–Crippen LogP) is 8.02. The summed E-state index contributed by atoms with van der Waals surface area (Å²) in [4.78, 5) is 12.5. The number of benzene rings is 2. The molecule has 2 N–H and O–H groups in total. The number of hydrogen-bond acceptors (Lipinski definition) is 5. The van der Waals surface area contributed by atoms with Crippen LogP contribution in [0.5, 0.6) is 11.5 Å². The molecule has 37 heavy (non-hydrogen) atoms. The quantitative estimate of drug-likeness (QED) is 0.268. The Morgan fingerprint density at radius 3 is 1.78 bits per heavy atom. The molecule has 0 heterocycles. The average molecular weight is 529 g/mol. The zero-order valence-electron chi connectivity index (χ0n) is 24.9. The fourth-order valence-corrected chi connectivity index (χ4v) is 5.49. The van der Waals surface area contributed by atoms with Crippen LogP contribution in [0.3, 0.4) is 0 Å². The van der Waals surface area contributed by atoms with Crippen molar-refractivity contribution < 1.29 is 19.7 Å². The van der Waals surface area contributed by atoms with Gasteiger partial charge in [0.15, 0.2) is 0 Å². The Hall–Kier alpha value is -2.14. The molecule has 0 aromatic heterocycles. The summed E-state index contributed by atoms with van der Waals surface area (Å²) in [6, 6.07) is 6.15. The lowest BCUT2D eigenvalue weighted by atomic mass is 9.78. The summed E-state index contributed by atoms with van der Waals surface area (Å²) in [7, 11) is 0. The maximum atomic E-state index is 12.5. The van der Waals surface area contributed by atoms with Crippen molar-refractivity contribution in [2.24, 2.45) is 0 Å². The van der Waals surface area contributed by atoms with Gasteiger partial charge < -0.3 is 14.9 Å². The number of esters is 1. The molecule has 206 valence electrons. The van der Waals surface area contributed by atoms with Crippen molar-refractivity contribution in [2.75, 3.05) is 12.4 Å². The van der Waals surface area contributed by atoms with Crippen LogP contribution >= 0.6 is 11.8 Å². The third-order valence-corrected chi connectivity index (χ3v) is 7.80. The lowest BCUT2D eigenvalue weighted by Crippen LogP contribution is -2.18. The van der Waals surface area contributed by atoms with Crippen molar-refractivity contribution >= 4 is 17.7 Å². The maximum Gasteiger partial charge on any atom is 0.306 e. The van der Waals surface area contributed by atoms with Crippen molar-refractivity contribution in [1.82, 2.24) is 0 Å². The zero-order valence-corrected chi connectivity index (χ0v) is 25.7. The number of phenols is 2. The van der Waals surface area contributed by atoms with E-state index in [2.05, 4.69) is 75.3 Å². The molecule has 2 aromatic rings. The zero-order chi connectivity index (χ0) is 28.3. The van der Waals surface area contributed by atoms with Gasteiger partial charge in [-0.15, -0.1) is 0 Å². The van der Waals surface area contributed by atoms with E-state index in [1.807, 2.05) is 19.1 Å². The Kier molecular flexibility index (Phi) is 9.84. The van der Waals surface area contributed by atoms with Crippen LogP contribution in [0.2, 0.25) is 0 Å². The number of thioether (sulfide) groups is 1. The van der Waals surface area contributed by atoms with E-state index >= 15 is 0 Å². The van der Waals surface area contributed by atoms with Crippen molar-refractivity contribution in [3.63, 3.8) is 0 Å². The molecule has 5 heteroatoms. The van der Waals surface area contributed by atoms with E-state index in [9.17, 15) is 15.0 Å². The van der Waals surface area contributed by atoms with E-state index in [-0.39, 0.29) is 22.2 Å². The first-order valence-corrected chi connectivity index (χ1v) is 14.4. The fraction of sp³-hybridized carbons (Fsp3) is 0.594. The monoisotopic (exact) mass is 528 g/mol. The Morgan fingerprint density at radius 2 is 1.30 bits per heavy atom. The minimum absolute atomic E-state index is 0.109. The SMILES string of the molecule is Cc1cc(C(C)(C)C)c(O)c(C)c1CSCCOC(=O)CCc1cc(C(C)(C)C)c(O)c(C(C)(C)C)c1. The van der Waals surface area contributed by atoms with E-state index < -0.39 is 0 Å². The van der Waals surface area contributed by atoms with Crippen molar-refractivity contribution in [3.05, 3.63) is 57.1 Å². The summed E-state index contributed by atoms with van der Waals surface area (Å²) in [5.74, 6) is 2.01. The third kappa shape index (κ3) is 8.17. The van der Waals surface area contributed by atoms with Gasteiger partial charge in [0.05, 0.1) is 0 Å². The van der Waals surface area contributed by atoms with E-state index in [0.29, 0.717) is 36.7 Å². The first kappa shape index (κ1) is 31.1. The van der Waals surface area contributed by atoms with Gasteiger partial charge in [-0.25, -0.2) is 0 Å². The van der Waals surface area contributed by atoms with Gasteiger partial charge in [-0.1, -0.05) is 80.5 Å². The maximum absolute atomic E-state index is 12.5. The minimum atomic E-state index is -0.206. The highest BCUT2D eigenvalue weighted by molar-refractivity contribution is 7.98. The number of rotatable bonds is 8. The van der Waals surface area contributed by atoms with Gasteiger partial charge in [0.1, 0.15) is 18.1 Å². The molecule has 0 fully saturated rings. The van der Waals surface area contributed by atoms with Gasteiger partial charge in [0, 0.05) is 17.9 Å². The molecule has 0 atom stereocenters. The van der Waals surface area contributed by atoms with E-state index in [1.54, 1.807) is 11.8 Å². The lowest BCUT2D eigenvalue weighted by Gasteiger charge is -2.28. The third-order valence-electron chi connectivity index (χ3n) is 6.85. The number of aromatic hydroxyl groups is 2. The highest BCUT2D eigenvalue weighted by atomic mass is 32.2. The molecule has 0 aliphatic heterocycles. The summed E-state index contributed by atoms with van der Waals surface area (Å²) in [6.07, 6.45) is 0.888. The topological polar surface area (TPSA) is 66.8 Å². The molecule has 2 aromatic carbocycles. The molecule has 0 bridgehead atoms. The number of hydrogen-bond donors (Lipinski definition) is 2. The second kappa shape index (κ2) is 11.7. The standard InChI is InChI=1S/C32H48O4S/c1-20-16-24(30(3,4)5)28(34)21(2)23(20)19-37-15-14-36-27(33)13-12-22-17-25(31(6,7)8)29(35)26(18-22)32(9,10)11/h16-18,34-35H,12-15,19H2,1-11H3. The van der Waals surface area contributed by atoms with E-state index in [1.165, 1.54) is 5.56 Å². The summed E-state index contributed by atoms with van der Waals surface area (Å²) in [5, 5.41) is 21.6. The second-order valence-electron chi connectivity index (χ2n) is 13.3. The van der Waals surface area contributed by atoms with Crippen LogP contribution in [0.4, 0.5) is 0 Å². The highest BCUT2D eigenvalue weighted by Crippen LogP contribution is 2.40. The van der Waals surface area contributed by atoms with Gasteiger partial charge in [0.2, 0.25) is 0 Å². The van der Waals surface area contributed by atoms with Crippen LogP contribution in [0, 0.1) is 13.8 Å². The molecular weight excluding hydrogens is 480 g/mol. The van der Waals surface area contributed by atoms with E-state index in [4.69, 9.17) is 4.74 Å². The van der Waals surface area contributed by atoms with Crippen molar-refractivity contribution in [1.29, 1.82) is 0 Å². The fourth-order valence-electron chi connectivity index (χ4n) is 4.50. The molecule has 0 spiro atoms. The van der Waals surface area contributed by atoms with Gasteiger partial charge in [-0.05, 0) is 75.5 Å². The lowest BCUT2D eigenvalue weighted by molar-refractivity contribution is -0.142. The molecule has 0 saturated carbocycles. The van der Waals surface area contributed by atoms with Crippen LogP contribution in [0.25, 0.3) is 0 Å². The van der Waals surface area contributed by atoms with E-state index in [0.717, 1.165) is 39.1 Å². The Morgan fingerprint density at radius 1 is 0.811 bits per heavy atom. The molecule has 2 rings (SSSR count). The normalized spacial score (nSPS) is 12.6. The van der Waals surface area contributed by atoms with Crippen LogP contribution < -0.4 is 0 Å².